The lowest BCUT2D eigenvalue weighted by Crippen LogP contribution is -2.41. The first kappa shape index (κ1) is 13.5. The minimum absolute atomic E-state index is 0.109. The van der Waals surface area contributed by atoms with E-state index in [1.54, 1.807) is 6.92 Å². The molecule has 1 fully saturated rings. The van der Waals surface area contributed by atoms with E-state index in [1.807, 2.05) is 0 Å². The zero-order valence-electron chi connectivity index (χ0n) is 10.9. The number of nitrogens with one attached hydrogen (secondary N) is 1. The summed E-state index contributed by atoms with van der Waals surface area (Å²) in [6, 6.07) is 0. The summed E-state index contributed by atoms with van der Waals surface area (Å²) >= 11 is 0. The van der Waals surface area contributed by atoms with Crippen LogP contribution in [0.4, 0.5) is 0 Å². The monoisotopic (exact) mass is 227 g/mol. The number of carbonyl (C=O) groups is 1. The van der Waals surface area contributed by atoms with Gasteiger partial charge in [0.25, 0.3) is 0 Å². The molecule has 3 heteroatoms. The van der Waals surface area contributed by atoms with Gasteiger partial charge in [-0.3, -0.25) is 4.79 Å². The maximum atomic E-state index is 11.6. The molecule has 2 N–H and O–H groups in total. The lowest BCUT2D eigenvalue weighted by Gasteiger charge is -2.24. The molecule has 3 atom stereocenters. The molecule has 3 unspecified atom stereocenters. The van der Waals surface area contributed by atoms with E-state index in [0.29, 0.717) is 18.4 Å². The van der Waals surface area contributed by atoms with Crippen molar-refractivity contribution < 1.29 is 9.90 Å². The van der Waals surface area contributed by atoms with E-state index in [4.69, 9.17) is 0 Å². The fraction of sp³-hybridized carbons (Fsp3) is 0.923. The minimum Gasteiger partial charge on any atom is -0.388 e. The van der Waals surface area contributed by atoms with E-state index in [0.717, 1.165) is 19.3 Å². The third-order valence-electron chi connectivity index (χ3n) is 3.35. The summed E-state index contributed by atoms with van der Waals surface area (Å²) in [5, 5.41) is 12.9. The third-order valence-corrected chi connectivity index (χ3v) is 3.35. The largest absolute Gasteiger partial charge is 0.388 e. The molecule has 0 aromatic carbocycles. The second-order valence-corrected chi connectivity index (χ2v) is 5.97. The molecule has 94 valence electrons. The number of hydrogen-bond donors (Lipinski definition) is 2. The number of hydrogen-bond acceptors (Lipinski definition) is 2. The van der Waals surface area contributed by atoms with Crippen molar-refractivity contribution in [2.24, 2.45) is 17.8 Å². The number of carbonyl (C=O) groups excluding carboxylic acids is 1. The van der Waals surface area contributed by atoms with Crippen LogP contribution in [-0.4, -0.2) is 23.2 Å². The van der Waals surface area contributed by atoms with Crippen molar-refractivity contribution >= 4 is 5.91 Å². The summed E-state index contributed by atoms with van der Waals surface area (Å²) < 4.78 is 0. The molecule has 1 aliphatic carbocycles. The van der Waals surface area contributed by atoms with Crippen LogP contribution in [0.25, 0.3) is 0 Å². The molecule has 1 rings (SSSR count). The standard InChI is InChI=1S/C13H25NO2/c1-9(2)5-6-13(4,16)8-14-12(15)11-7-10(11)3/h9-11,16H,5-8H2,1-4H3,(H,14,15). The Morgan fingerprint density at radius 3 is 2.56 bits per heavy atom. The number of aliphatic hydroxyl groups is 1. The van der Waals surface area contributed by atoms with E-state index in [9.17, 15) is 9.90 Å². The molecule has 1 saturated carbocycles. The van der Waals surface area contributed by atoms with Crippen molar-refractivity contribution in [2.75, 3.05) is 6.54 Å². The molecular formula is C13H25NO2. The van der Waals surface area contributed by atoms with Gasteiger partial charge in [-0.25, -0.2) is 0 Å². The van der Waals surface area contributed by atoms with Crippen molar-refractivity contribution in [3.63, 3.8) is 0 Å². The Balaban J connectivity index is 2.21. The topological polar surface area (TPSA) is 49.3 Å². The summed E-state index contributed by atoms with van der Waals surface area (Å²) in [5.41, 5.74) is -0.766. The second-order valence-electron chi connectivity index (χ2n) is 5.97. The summed E-state index contributed by atoms with van der Waals surface area (Å²) in [7, 11) is 0. The van der Waals surface area contributed by atoms with Crippen LogP contribution < -0.4 is 5.32 Å². The minimum atomic E-state index is -0.766. The maximum Gasteiger partial charge on any atom is 0.223 e. The average molecular weight is 227 g/mol. The molecule has 0 spiro atoms. The molecule has 16 heavy (non-hydrogen) atoms. The predicted molar refractivity (Wildman–Crippen MR) is 65.0 cm³/mol. The average Bonchev–Trinajstić information content (AvgIpc) is 2.89. The summed E-state index contributed by atoms with van der Waals surface area (Å²) in [6.07, 6.45) is 2.73. The molecule has 0 aliphatic heterocycles. The Kier molecular flexibility index (Phi) is 4.36. The van der Waals surface area contributed by atoms with Crippen LogP contribution in [0, 0.1) is 17.8 Å². The maximum absolute atomic E-state index is 11.6. The molecule has 0 saturated heterocycles. The van der Waals surface area contributed by atoms with Crippen molar-refractivity contribution in [2.45, 2.75) is 52.6 Å². The van der Waals surface area contributed by atoms with Gasteiger partial charge in [0, 0.05) is 12.5 Å². The second kappa shape index (κ2) is 5.17. The van der Waals surface area contributed by atoms with E-state index in [1.165, 1.54) is 0 Å². The highest BCUT2D eigenvalue weighted by atomic mass is 16.3. The van der Waals surface area contributed by atoms with E-state index >= 15 is 0 Å². The van der Waals surface area contributed by atoms with Gasteiger partial charge in [0.2, 0.25) is 5.91 Å². The van der Waals surface area contributed by atoms with Crippen LogP contribution in [0.2, 0.25) is 0 Å². The molecule has 0 aromatic rings. The fourth-order valence-electron chi connectivity index (χ4n) is 1.78. The Labute approximate surface area is 98.6 Å². The molecule has 0 radical (unpaired) electrons. The van der Waals surface area contributed by atoms with E-state index < -0.39 is 5.60 Å². The van der Waals surface area contributed by atoms with Crippen LogP contribution in [0.5, 0.6) is 0 Å². The highest BCUT2D eigenvalue weighted by molar-refractivity contribution is 5.81. The highest BCUT2D eigenvalue weighted by Crippen LogP contribution is 2.37. The van der Waals surface area contributed by atoms with Crippen LogP contribution in [0.1, 0.15) is 47.0 Å². The first-order valence-electron chi connectivity index (χ1n) is 6.32. The lowest BCUT2D eigenvalue weighted by molar-refractivity contribution is -0.123. The summed E-state index contributed by atoms with van der Waals surface area (Å²) in [6.45, 7) is 8.54. The predicted octanol–water partition coefficient (Wildman–Crippen LogP) is 1.95. The number of rotatable bonds is 6. The van der Waals surface area contributed by atoms with Crippen LogP contribution in [0.3, 0.4) is 0 Å². The molecule has 0 bridgehead atoms. The Hall–Kier alpha value is -0.570. The van der Waals surface area contributed by atoms with Gasteiger partial charge in [0.05, 0.1) is 5.60 Å². The SMILES string of the molecule is CC(C)CCC(C)(O)CNC(=O)C1CC1C. The Morgan fingerprint density at radius 2 is 2.12 bits per heavy atom. The molecule has 3 nitrogen and oxygen atoms in total. The van der Waals surface area contributed by atoms with Gasteiger partial charge in [0.1, 0.15) is 0 Å². The molecule has 0 heterocycles. The van der Waals surface area contributed by atoms with Gasteiger partial charge < -0.3 is 10.4 Å². The quantitative estimate of drug-likeness (QED) is 0.728. The zero-order chi connectivity index (χ0) is 12.3. The van der Waals surface area contributed by atoms with Gasteiger partial charge in [0.15, 0.2) is 0 Å². The van der Waals surface area contributed by atoms with E-state index in [-0.39, 0.29) is 11.8 Å². The highest BCUT2D eigenvalue weighted by Gasteiger charge is 2.39. The zero-order valence-corrected chi connectivity index (χ0v) is 10.9. The smallest absolute Gasteiger partial charge is 0.223 e. The van der Waals surface area contributed by atoms with Gasteiger partial charge >= 0.3 is 0 Å². The molecule has 0 aromatic heterocycles. The third kappa shape index (κ3) is 4.52. The van der Waals surface area contributed by atoms with Gasteiger partial charge in [-0.05, 0) is 38.0 Å². The Morgan fingerprint density at radius 1 is 1.56 bits per heavy atom. The molecule has 1 amide bonds. The lowest BCUT2D eigenvalue weighted by atomic mass is 9.95. The van der Waals surface area contributed by atoms with Crippen molar-refractivity contribution in [3.8, 4) is 0 Å². The summed E-state index contributed by atoms with van der Waals surface area (Å²) in [5.74, 6) is 1.42. The fourth-order valence-corrected chi connectivity index (χ4v) is 1.78. The van der Waals surface area contributed by atoms with Crippen molar-refractivity contribution in [1.82, 2.24) is 5.32 Å². The van der Waals surface area contributed by atoms with Crippen LogP contribution in [-0.2, 0) is 4.79 Å². The molecule has 1 aliphatic rings. The van der Waals surface area contributed by atoms with Gasteiger partial charge in [-0.1, -0.05) is 20.8 Å². The van der Waals surface area contributed by atoms with Crippen LogP contribution in [0.15, 0.2) is 0 Å². The first-order valence-corrected chi connectivity index (χ1v) is 6.32. The number of amides is 1. The Bertz CT molecular complexity index is 248. The van der Waals surface area contributed by atoms with Crippen LogP contribution >= 0.6 is 0 Å². The van der Waals surface area contributed by atoms with Crippen molar-refractivity contribution in [1.29, 1.82) is 0 Å². The molecular weight excluding hydrogens is 202 g/mol. The normalized spacial score (nSPS) is 27.6. The van der Waals surface area contributed by atoms with E-state index in [2.05, 4.69) is 26.1 Å². The first-order chi connectivity index (χ1) is 7.32. The summed E-state index contributed by atoms with van der Waals surface area (Å²) in [4.78, 5) is 11.6. The van der Waals surface area contributed by atoms with Gasteiger partial charge in [-0.2, -0.15) is 0 Å². The van der Waals surface area contributed by atoms with Crippen molar-refractivity contribution in [3.05, 3.63) is 0 Å². The van der Waals surface area contributed by atoms with Gasteiger partial charge in [-0.15, -0.1) is 0 Å².